The van der Waals surface area contributed by atoms with Crippen LogP contribution < -0.4 is 0 Å². The van der Waals surface area contributed by atoms with Gasteiger partial charge in [0.15, 0.2) is 0 Å². The Balaban J connectivity index is 2.66. The molecule has 0 unspecified atom stereocenters. The fourth-order valence-corrected chi connectivity index (χ4v) is 1.49. The molecule has 1 aromatic carbocycles. The summed E-state index contributed by atoms with van der Waals surface area (Å²) in [6.07, 6.45) is 5.67. The van der Waals surface area contributed by atoms with Gasteiger partial charge in [-0.15, -0.1) is 0 Å². The summed E-state index contributed by atoms with van der Waals surface area (Å²) in [4.78, 5) is 10.2. The second kappa shape index (κ2) is 6.18. The fraction of sp³-hybridized carbons (Fsp3) is 0.357. The smallest absolute Gasteiger partial charge is 0.120 e. The van der Waals surface area contributed by atoms with Crippen molar-refractivity contribution < 1.29 is 4.79 Å². The first-order valence-electron chi connectivity index (χ1n) is 5.46. The average molecular weight is 202 g/mol. The molecule has 1 nitrogen and oxygen atoms in total. The van der Waals surface area contributed by atoms with Gasteiger partial charge in [-0.25, -0.2) is 0 Å². The Kier molecular flexibility index (Phi) is 4.82. The molecule has 15 heavy (non-hydrogen) atoms. The van der Waals surface area contributed by atoms with Crippen LogP contribution >= 0.6 is 0 Å². The third-order valence-corrected chi connectivity index (χ3v) is 2.46. The lowest BCUT2D eigenvalue weighted by atomic mass is 10.1. The molecule has 1 aromatic rings. The van der Waals surface area contributed by atoms with Crippen molar-refractivity contribution in [1.82, 2.24) is 0 Å². The summed E-state index contributed by atoms with van der Waals surface area (Å²) >= 11 is 0. The molecule has 0 aliphatic rings. The van der Waals surface area contributed by atoms with Crippen molar-refractivity contribution >= 4 is 12.4 Å². The Morgan fingerprint density at radius 1 is 1.27 bits per heavy atom. The number of carbonyl (C=O) groups is 1. The topological polar surface area (TPSA) is 17.1 Å². The van der Waals surface area contributed by atoms with Gasteiger partial charge in [0.05, 0.1) is 0 Å². The summed E-state index contributed by atoms with van der Waals surface area (Å²) in [5.41, 5.74) is 3.83. The van der Waals surface area contributed by atoms with Gasteiger partial charge in [0, 0.05) is 6.42 Å². The minimum Gasteiger partial charge on any atom is -0.303 e. The average Bonchev–Trinajstić information content (AvgIpc) is 2.27. The molecule has 0 spiro atoms. The van der Waals surface area contributed by atoms with Gasteiger partial charge in [0.1, 0.15) is 6.29 Å². The van der Waals surface area contributed by atoms with Gasteiger partial charge < -0.3 is 4.79 Å². The van der Waals surface area contributed by atoms with E-state index in [-0.39, 0.29) is 0 Å². The van der Waals surface area contributed by atoms with Gasteiger partial charge in [0.2, 0.25) is 0 Å². The van der Waals surface area contributed by atoms with Crippen LogP contribution in [0.25, 0.3) is 6.08 Å². The molecule has 0 bridgehead atoms. The molecule has 1 heteroatoms. The van der Waals surface area contributed by atoms with Gasteiger partial charge in [-0.1, -0.05) is 42.8 Å². The van der Waals surface area contributed by atoms with Crippen molar-refractivity contribution in [2.45, 2.75) is 33.1 Å². The Labute approximate surface area is 91.8 Å². The van der Waals surface area contributed by atoms with Gasteiger partial charge in [-0.3, -0.25) is 0 Å². The van der Waals surface area contributed by atoms with E-state index in [1.807, 2.05) is 0 Å². The Morgan fingerprint density at radius 2 is 1.93 bits per heavy atom. The van der Waals surface area contributed by atoms with Gasteiger partial charge in [-0.2, -0.15) is 0 Å². The van der Waals surface area contributed by atoms with E-state index in [2.05, 4.69) is 44.2 Å². The molecule has 0 saturated heterocycles. The Bertz CT molecular complexity index is 333. The standard InChI is InChI=1S/C14H18O/c1-3-13-6-8-14(9-7-13)11-12(2)5-4-10-15/h6-11H,3-5H2,1-2H3. The highest BCUT2D eigenvalue weighted by Gasteiger charge is 1.92. The van der Waals surface area contributed by atoms with E-state index in [0.717, 1.165) is 19.1 Å². The van der Waals surface area contributed by atoms with Gasteiger partial charge in [-0.05, 0) is 30.9 Å². The molecule has 0 amide bonds. The second-order valence-corrected chi connectivity index (χ2v) is 3.79. The zero-order valence-corrected chi connectivity index (χ0v) is 9.49. The molecule has 0 saturated carbocycles. The third kappa shape index (κ3) is 4.11. The molecule has 80 valence electrons. The van der Waals surface area contributed by atoms with Crippen LogP contribution in [-0.2, 0) is 11.2 Å². The van der Waals surface area contributed by atoms with E-state index in [4.69, 9.17) is 0 Å². The van der Waals surface area contributed by atoms with Crippen LogP contribution in [0, 0.1) is 0 Å². The molecule has 0 radical (unpaired) electrons. The predicted octanol–water partition coefficient (Wildman–Crippen LogP) is 3.63. The zero-order chi connectivity index (χ0) is 11.1. The maximum atomic E-state index is 10.2. The highest BCUT2D eigenvalue weighted by molar-refractivity contribution is 5.55. The van der Waals surface area contributed by atoms with Crippen LogP contribution in [0.3, 0.4) is 0 Å². The summed E-state index contributed by atoms with van der Waals surface area (Å²) in [6.45, 7) is 4.22. The summed E-state index contributed by atoms with van der Waals surface area (Å²) in [5, 5.41) is 0. The first-order chi connectivity index (χ1) is 7.26. The summed E-state index contributed by atoms with van der Waals surface area (Å²) in [5.74, 6) is 0. The summed E-state index contributed by atoms with van der Waals surface area (Å²) < 4.78 is 0. The minimum atomic E-state index is 0.620. The van der Waals surface area contributed by atoms with E-state index in [9.17, 15) is 4.79 Å². The van der Waals surface area contributed by atoms with E-state index < -0.39 is 0 Å². The molecule has 0 aromatic heterocycles. The number of rotatable bonds is 5. The van der Waals surface area contributed by atoms with Crippen LogP contribution in [0.5, 0.6) is 0 Å². The highest BCUT2D eigenvalue weighted by atomic mass is 16.1. The maximum Gasteiger partial charge on any atom is 0.120 e. The lowest BCUT2D eigenvalue weighted by molar-refractivity contribution is -0.107. The van der Waals surface area contributed by atoms with Crippen LogP contribution in [-0.4, -0.2) is 6.29 Å². The molecule has 0 aliphatic carbocycles. The van der Waals surface area contributed by atoms with Crippen LogP contribution in [0.4, 0.5) is 0 Å². The van der Waals surface area contributed by atoms with Crippen molar-refractivity contribution in [3.8, 4) is 0 Å². The zero-order valence-electron chi connectivity index (χ0n) is 9.49. The Morgan fingerprint density at radius 3 is 2.47 bits per heavy atom. The Hall–Kier alpha value is -1.37. The van der Waals surface area contributed by atoms with E-state index in [0.29, 0.717) is 6.42 Å². The maximum absolute atomic E-state index is 10.2. The van der Waals surface area contributed by atoms with E-state index in [1.165, 1.54) is 16.7 Å². The molecule has 0 atom stereocenters. The molecule has 0 aliphatic heterocycles. The minimum absolute atomic E-state index is 0.620. The highest BCUT2D eigenvalue weighted by Crippen LogP contribution is 2.12. The van der Waals surface area contributed by atoms with Gasteiger partial charge in [0.25, 0.3) is 0 Å². The lowest BCUT2D eigenvalue weighted by Crippen LogP contribution is -1.82. The number of aldehydes is 1. The second-order valence-electron chi connectivity index (χ2n) is 3.79. The summed E-state index contributed by atoms with van der Waals surface area (Å²) in [6, 6.07) is 8.56. The molecule has 0 heterocycles. The SMILES string of the molecule is CCc1ccc(C=C(C)CCC=O)cc1. The number of allylic oxidation sites excluding steroid dienone is 1. The quantitative estimate of drug-likeness (QED) is 0.666. The first-order valence-corrected chi connectivity index (χ1v) is 5.46. The van der Waals surface area contributed by atoms with Crippen molar-refractivity contribution in [2.24, 2.45) is 0 Å². The molecular formula is C14H18O. The summed E-state index contributed by atoms with van der Waals surface area (Å²) in [7, 11) is 0. The number of aryl methyl sites for hydroxylation is 1. The fourth-order valence-electron chi connectivity index (χ4n) is 1.49. The number of hydrogen-bond donors (Lipinski definition) is 0. The lowest BCUT2D eigenvalue weighted by Gasteiger charge is -2.00. The van der Waals surface area contributed by atoms with Crippen molar-refractivity contribution in [1.29, 1.82) is 0 Å². The monoisotopic (exact) mass is 202 g/mol. The first kappa shape index (κ1) is 11.7. The number of hydrogen-bond acceptors (Lipinski definition) is 1. The largest absolute Gasteiger partial charge is 0.303 e. The predicted molar refractivity (Wildman–Crippen MR) is 64.8 cm³/mol. The van der Waals surface area contributed by atoms with E-state index in [1.54, 1.807) is 0 Å². The molecular weight excluding hydrogens is 184 g/mol. The molecule has 1 rings (SSSR count). The third-order valence-electron chi connectivity index (χ3n) is 2.46. The van der Waals surface area contributed by atoms with E-state index >= 15 is 0 Å². The molecule has 0 N–H and O–H groups in total. The van der Waals surface area contributed by atoms with Crippen LogP contribution in [0.15, 0.2) is 29.8 Å². The van der Waals surface area contributed by atoms with Crippen molar-refractivity contribution in [3.63, 3.8) is 0 Å². The van der Waals surface area contributed by atoms with Crippen LogP contribution in [0.1, 0.15) is 37.8 Å². The normalized spacial score (nSPS) is 11.5. The van der Waals surface area contributed by atoms with Gasteiger partial charge >= 0.3 is 0 Å². The van der Waals surface area contributed by atoms with Crippen molar-refractivity contribution in [2.75, 3.05) is 0 Å². The van der Waals surface area contributed by atoms with Crippen molar-refractivity contribution in [3.05, 3.63) is 41.0 Å². The van der Waals surface area contributed by atoms with Crippen LogP contribution in [0.2, 0.25) is 0 Å². The molecule has 0 fully saturated rings. The number of carbonyl (C=O) groups excluding carboxylic acids is 1. The number of benzene rings is 1.